The second kappa shape index (κ2) is 6.01. The molecule has 3 N–H and O–H groups in total. The minimum Gasteiger partial charge on any atom is -0.349 e. The van der Waals surface area contributed by atoms with E-state index < -0.39 is 0 Å². The van der Waals surface area contributed by atoms with Crippen LogP contribution in [0.3, 0.4) is 0 Å². The summed E-state index contributed by atoms with van der Waals surface area (Å²) in [6, 6.07) is 6.62. The molecule has 0 saturated heterocycles. The van der Waals surface area contributed by atoms with E-state index in [-0.39, 0.29) is 23.8 Å². The summed E-state index contributed by atoms with van der Waals surface area (Å²) >= 11 is 0. The Kier molecular flexibility index (Phi) is 4.07. The van der Waals surface area contributed by atoms with Gasteiger partial charge in [0.15, 0.2) is 0 Å². The summed E-state index contributed by atoms with van der Waals surface area (Å²) in [6.45, 7) is 1.77. The normalized spacial score (nSPS) is 21.8. The first kappa shape index (κ1) is 14.9. The quantitative estimate of drug-likeness (QED) is 0.896. The number of fused-ring (bicyclic) bond motifs is 1. The van der Waals surface area contributed by atoms with Crippen molar-refractivity contribution < 1.29 is 9.18 Å². The lowest BCUT2D eigenvalue weighted by molar-refractivity contribution is 0.0925. The second-order valence-corrected chi connectivity index (χ2v) is 6.04. The van der Waals surface area contributed by atoms with Crippen molar-refractivity contribution in [2.24, 2.45) is 5.73 Å². The number of aryl methyl sites for hydroxylation is 1. The zero-order valence-electron chi connectivity index (χ0n) is 12.6. The molecule has 3 rings (SSSR count). The Balaban J connectivity index is 1.81. The number of carbonyl (C=O) groups excluding carboxylic acids is 1. The molecule has 2 aromatic rings. The van der Waals surface area contributed by atoms with Crippen LogP contribution in [0.4, 0.5) is 4.39 Å². The molecule has 0 aliphatic heterocycles. The molecule has 5 heteroatoms. The number of halogens is 1. The maximum absolute atomic E-state index is 13.2. The number of amides is 1. The molecule has 1 heterocycles. The summed E-state index contributed by atoms with van der Waals surface area (Å²) < 4.78 is 13.2. The zero-order chi connectivity index (χ0) is 15.7. The number of benzene rings is 1. The van der Waals surface area contributed by atoms with Crippen LogP contribution in [0.1, 0.15) is 41.7 Å². The lowest BCUT2D eigenvalue weighted by Gasteiger charge is -2.27. The third-order valence-electron chi connectivity index (χ3n) is 4.32. The number of hydrogen-bond acceptors (Lipinski definition) is 3. The van der Waals surface area contributed by atoms with Gasteiger partial charge in [0.2, 0.25) is 0 Å². The molecule has 22 heavy (non-hydrogen) atoms. The van der Waals surface area contributed by atoms with E-state index in [1.165, 1.54) is 12.1 Å². The number of carbonyl (C=O) groups is 1. The Bertz CT molecular complexity index is 708. The fourth-order valence-electron chi connectivity index (χ4n) is 2.99. The van der Waals surface area contributed by atoms with Crippen LogP contribution in [0.15, 0.2) is 24.3 Å². The molecule has 116 valence electrons. The average molecular weight is 301 g/mol. The summed E-state index contributed by atoms with van der Waals surface area (Å²) in [6.07, 6.45) is 3.72. The molecule has 1 saturated carbocycles. The number of nitrogens with one attached hydrogen (secondary N) is 1. The van der Waals surface area contributed by atoms with Crippen LogP contribution in [0.2, 0.25) is 0 Å². The first-order chi connectivity index (χ1) is 10.5. The van der Waals surface area contributed by atoms with Crippen LogP contribution in [0.5, 0.6) is 0 Å². The van der Waals surface area contributed by atoms with E-state index in [1.807, 2.05) is 0 Å². The SMILES string of the molecule is Cc1nc2cc(F)ccc2cc1C(=O)NC1CCC(N)CC1. The van der Waals surface area contributed by atoms with Crippen molar-refractivity contribution in [3.05, 3.63) is 41.3 Å². The molecular formula is C17H20FN3O. The van der Waals surface area contributed by atoms with Crippen molar-refractivity contribution in [1.82, 2.24) is 10.3 Å². The largest absolute Gasteiger partial charge is 0.349 e. The van der Waals surface area contributed by atoms with E-state index in [4.69, 9.17) is 5.73 Å². The molecule has 1 aliphatic rings. The minimum atomic E-state index is -0.324. The minimum absolute atomic E-state index is 0.114. The van der Waals surface area contributed by atoms with Crippen LogP contribution in [0, 0.1) is 12.7 Å². The van der Waals surface area contributed by atoms with Gasteiger partial charge in [0, 0.05) is 23.5 Å². The van der Waals surface area contributed by atoms with Crippen molar-refractivity contribution in [1.29, 1.82) is 0 Å². The molecule has 0 spiro atoms. The first-order valence-corrected chi connectivity index (χ1v) is 7.66. The molecule has 0 bridgehead atoms. The van der Waals surface area contributed by atoms with Crippen molar-refractivity contribution in [3.8, 4) is 0 Å². The smallest absolute Gasteiger partial charge is 0.253 e. The molecule has 1 amide bonds. The standard InChI is InChI=1S/C17H20FN3O/c1-10-15(8-11-2-3-12(18)9-16(11)20-10)17(22)21-14-6-4-13(19)5-7-14/h2-3,8-9,13-14H,4-7,19H2,1H3,(H,21,22). The van der Waals surface area contributed by atoms with E-state index in [1.54, 1.807) is 19.1 Å². The number of hydrogen-bond donors (Lipinski definition) is 2. The monoisotopic (exact) mass is 301 g/mol. The number of pyridine rings is 1. The van der Waals surface area contributed by atoms with Crippen molar-refractivity contribution in [3.63, 3.8) is 0 Å². The number of aromatic nitrogens is 1. The van der Waals surface area contributed by atoms with E-state index in [0.29, 0.717) is 16.8 Å². The molecule has 1 aliphatic carbocycles. The van der Waals surface area contributed by atoms with Crippen molar-refractivity contribution >= 4 is 16.8 Å². The van der Waals surface area contributed by atoms with Gasteiger partial charge in [-0.15, -0.1) is 0 Å². The van der Waals surface area contributed by atoms with Gasteiger partial charge < -0.3 is 11.1 Å². The van der Waals surface area contributed by atoms with Crippen LogP contribution >= 0.6 is 0 Å². The Labute approximate surface area is 128 Å². The van der Waals surface area contributed by atoms with Crippen LogP contribution in [-0.2, 0) is 0 Å². The number of nitrogens with two attached hydrogens (primary N) is 1. The molecule has 0 unspecified atom stereocenters. The summed E-state index contributed by atoms with van der Waals surface area (Å²) in [5, 5.41) is 3.83. The van der Waals surface area contributed by atoms with Gasteiger partial charge in [0.25, 0.3) is 5.91 Å². The lowest BCUT2D eigenvalue weighted by atomic mass is 9.91. The maximum atomic E-state index is 13.2. The van der Waals surface area contributed by atoms with Gasteiger partial charge in [0.1, 0.15) is 5.82 Å². The third kappa shape index (κ3) is 3.09. The predicted molar refractivity (Wildman–Crippen MR) is 84.1 cm³/mol. The van der Waals surface area contributed by atoms with Crippen LogP contribution < -0.4 is 11.1 Å². The third-order valence-corrected chi connectivity index (χ3v) is 4.32. The number of rotatable bonds is 2. The highest BCUT2D eigenvalue weighted by Gasteiger charge is 2.21. The van der Waals surface area contributed by atoms with Crippen molar-refractivity contribution in [2.75, 3.05) is 0 Å². The first-order valence-electron chi connectivity index (χ1n) is 7.66. The van der Waals surface area contributed by atoms with E-state index in [9.17, 15) is 9.18 Å². The lowest BCUT2D eigenvalue weighted by Crippen LogP contribution is -2.40. The molecule has 0 atom stereocenters. The van der Waals surface area contributed by atoms with Gasteiger partial charge in [0.05, 0.1) is 16.8 Å². The van der Waals surface area contributed by atoms with Gasteiger partial charge in [-0.3, -0.25) is 9.78 Å². The number of nitrogens with zero attached hydrogens (tertiary/aromatic N) is 1. The van der Waals surface area contributed by atoms with Crippen molar-refractivity contribution in [2.45, 2.75) is 44.7 Å². The summed E-state index contributed by atoms with van der Waals surface area (Å²) in [4.78, 5) is 16.8. The summed E-state index contributed by atoms with van der Waals surface area (Å²) in [7, 11) is 0. The Morgan fingerprint density at radius 2 is 2.00 bits per heavy atom. The van der Waals surface area contributed by atoms with E-state index >= 15 is 0 Å². The molecular weight excluding hydrogens is 281 g/mol. The molecule has 1 fully saturated rings. The Morgan fingerprint density at radius 1 is 1.27 bits per heavy atom. The fourth-order valence-corrected chi connectivity index (χ4v) is 2.99. The van der Waals surface area contributed by atoms with Gasteiger partial charge in [-0.1, -0.05) is 0 Å². The van der Waals surface area contributed by atoms with E-state index in [2.05, 4.69) is 10.3 Å². The van der Waals surface area contributed by atoms with Crippen LogP contribution in [-0.4, -0.2) is 23.0 Å². The molecule has 1 aromatic carbocycles. The fraction of sp³-hybridized carbons (Fsp3) is 0.412. The van der Waals surface area contributed by atoms with Gasteiger partial charge in [-0.2, -0.15) is 0 Å². The zero-order valence-corrected chi connectivity index (χ0v) is 12.6. The van der Waals surface area contributed by atoms with Crippen LogP contribution in [0.25, 0.3) is 10.9 Å². The topological polar surface area (TPSA) is 68.0 Å². The summed E-state index contributed by atoms with van der Waals surface area (Å²) in [5.74, 6) is -0.438. The maximum Gasteiger partial charge on any atom is 0.253 e. The Hall–Kier alpha value is -2.01. The van der Waals surface area contributed by atoms with Gasteiger partial charge in [-0.25, -0.2) is 4.39 Å². The average Bonchev–Trinajstić information content (AvgIpc) is 2.48. The highest BCUT2D eigenvalue weighted by atomic mass is 19.1. The molecule has 0 radical (unpaired) electrons. The van der Waals surface area contributed by atoms with Gasteiger partial charge >= 0.3 is 0 Å². The van der Waals surface area contributed by atoms with Gasteiger partial charge in [-0.05, 0) is 50.8 Å². The Morgan fingerprint density at radius 3 is 2.73 bits per heavy atom. The highest BCUT2D eigenvalue weighted by Crippen LogP contribution is 2.20. The van der Waals surface area contributed by atoms with E-state index in [0.717, 1.165) is 31.1 Å². The second-order valence-electron chi connectivity index (χ2n) is 6.04. The summed E-state index contributed by atoms with van der Waals surface area (Å²) in [5.41, 5.74) is 7.62. The highest BCUT2D eigenvalue weighted by molar-refractivity contribution is 5.98. The predicted octanol–water partition coefficient (Wildman–Crippen LogP) is 2.68. The molecule has 1 aromatic heterocycles. The molecule has 4 nitrogen and oxygen atoms in total.